The van der Waals surface area contributed by atoms with Gasteiger partial charge in [-0.25, -0.2) is 0 Å². The van der Waals surface area contributed by atoms with Crippen LogP contribution in [0.3, 0.4) is 0 Å². The topological polar surface area (TPSA) is 63.8 Å². The first-order valence-electron chi connectivity index (χ1n) is 5.21. The SMILES string of the molecule is Cc1cnc(CNc2cc(Br)ccc2N)cn1. The summed E-state index contributed by atoms with van der Waals surface area (Å²) in [6.07, 6.45) is 3.51. The lowest BCUT2D eigenvalue weighted by molar-refractivity contribution is 0.985. The molecular weight excluding hydrogens is 280 g/mol. The fourth-order valence-electron chi connectivity index (χ4n) is 1.38. The van der Waals surface area contributed by atoms with Crippen LogP contribution in [0.15, 0.2) is 35.1 Å². The summed E-state index contributed by atoms with van der Waals surface area (Å²) in [6, 6.07) is 5.70. The first kappa shape index (κ1) is 11.9. The van der Waals surface area contributed by atoms with Crippen molar-refractivity contribution in [2.45, 2.75) is 13.5 Å². The van der Waals surface area contributed by atoms with Crippen molar-refractivity contribution in [3.8, 4) is 0 Å². The molecule has 0 amide bonds. The zero-order valence-corrected chi connectivity index (χ0v) is 11.0. The molecule has 0 saturated carbocycles. The van der Waals surface area contributed by atoms with E-state index in [2.05, 4.69) is 31.2 Å². The zero-order valence-electron chi connectivity index (χ0n) is 9.44. The molecule has 0 aliphatic heterocycles. The minimum absolute atomic E-state index is 0.605. The molecule has 3 N–H and O–H groups in total. The molecule has 2 aromatic rings. The summed E-state index contributed by atoms with van der Waals surface area (Å²) in [7, 11) is 0. The Hall–Kier alpha value is -1.62. The molecule has 0 saturated heterocycles. The highest BCUT2D eigenvalue weighted by Crippen LogP contribution is 2.23. The quantitative estimate of drug-likeness (QED) is 0.854. The van der Waals surface area contributed by atoms with Gasteiger partial charge in [0, 0.05) is 10.7 Å². The highest BCUT2D eigenvalue weighted by molar-refractivity contribution is 9.10. The lowest BCUT2D eigenvalue weighted by Crippen LogP contribution is -2.04. The van der Waals surface area contributed by atoms with Gasteiger partial charge in [0.2, 0.25) is 0 Å². The summed E-state index contributed by atoms with van der Waals surface area (Å²) in [5.41, 5.74) is 9.26. The third kappa shape index (κ3) is 3.17. The molecule has 5 heteroatoms. The molecule has 1 heterocycles. The number of hydrogen-bond acceptors (Lipinski definition) is 4. The van der Waals surface area contributed by atoms with E-state index in [1.54, 1.807) is 12.4 Å². The standard InChI is InChI=1S/C12H13BrN4/c1-8-5-16-10(6-15-8)7-17-12-4-9(13)2-3-11(12)14/h2-6,17H,7,14H2,1H3. The summed E-state index contributed by atoms with van der Waals surface area (Å²) < 4.78 is 0.990. The average molecular weight is 293 g/mol. The van der Waals surface area contributed by atoms with Crippen molar-refractivity contribution < 1.29 is 0 Å². The van der Waals surface area contributed by atoms with Crippen molar-refractivity contribution in [1.29, 1.82) is 0 Å². The van der Waals surface area contributed by atoms with Crippen molar-refractivity contribution >= 4 is 27.3 Å². The highest BCUT2D eigenvalue weighted by Gasteiger charge is 2.00. The molecule has 4 nitrogen and oxygen atoms in total. The molecule has 0 unspecified atom stereocenters. The maximum absolute atomic E-state index is 5.86. The van der Waals surface area contributed by atoms with Gasteiger partial charge in [-0.05, 0) is 25.1 Å². The van der Waals surface area contributed by atoms with E-state index in [9.17, 15) is 0 Å². The lowest BCUT2D eigenvalue weighted by atomic mass is 10.2. The molecule has 0 spiro atoms. The zero-order chi connectivity index (χ0) is 12.3. The number of aryl methyl sites for hydroxylation is 1. The van der Waals surface area contributed by atoms with Crippen LogP contribution < -0.4 is 11.1 Å². The van der Waals surface area contributed by atoms with Gasteiger partial charge < -0.3 is 11.1 Å². The Balaban J connectivity index is 2.07. The number of nitrogens with zero attached hydrogens (tertiary/aromatic N) is 2. The van der Waals surface area contributed by atoms with Crippen LogP contribution in [-0.2, 0) is 6.54 Å². The molecule has 1 aromatic carbocycles. The molecule has 0 radical (unpaired) electrons. The highest BCUT2D eigenvalue weighted by atomic mass is 79.9. The van der Waals surface area contributed by atoms with E-state index in [0.29, 0.717) is 12.2 Å². The number of nitrogens with one attached hydrogen (secondary N) is 1. The predicted octanol–water partition coefficient (Wildman–Crippen LogP) is 2.74. The Morgan fingerprint density at radius 3 is 2.82 bits per heavy atom. The number of nitrogen functional groups attached to an aromatic ring is 1. The molecule has 0 fully saturated rings. The summed E-state index contributed by atoms with van der Waals surface area (Å²) in [4.78, 5) is 8.46. The van der Waals surface area contributed by atoms with Crippen LogP contribution in [0, 0.1) is 6.92 Å². The van der Waals surface area contributed by atoms with Crippen LogP contribution >= 0.6 is 15.9 Å². The Labute approximate surface area is 108 Å². The monoisotopic (exact) mass is 292 g/mol. The van der Waals surface area contributed by atoms with Crippen LogP contribution in [0.1, 0.15) is 11.4 Å². The molecule has 0 bridgehead atoms. The lowest BCUT2D eigenvalue weighted by Gasteiger charge is -2.09. The van der Waals surface area contributed by atoms with E-state index in [1.807, 2.05) is 25.1 Å². The summed E-state index contributed by atoms with van der Waals surface area (Å²) in [5, 5.41) is 3.23. The summed E-state index contributed by atoms with van der Waals surface area (Å²) >= 11 is 3.41. The Kier molecular flexibility index (Phi) is 3.58. The van der Waals surface area contributed by atoms with Gasteiger partial charge in [-0.15, -0.1) is 0 Å². The van der Waals surface area contributed by atoms with Gasteiger partial charge >= 0.3 is 0 Å². The van der Waals surface area contributed by atoms with Crippen LogP contribution in [0.4, 0.5) is 11.4 Å². The van der Waals surface area contributed by atoms with E-state index >= 15 is 0 Å². The third-order valence-electron chi connectivity index (χ3n) is 2.31. The largest absolute Gasteiger partial charge is 0.397 e. The van der Waals surface area contributed by atoms with Crippen LogP contribution in [0.2, 0.25) is 0 Å². The van der Waals surface area contributed by atoms with Crippen LogP contribution in [0.5, 0.6) is 0 Å². The van der Waals surface area contributed by atoms with Crippen molar-refractivity contribution in [2.24, 2.45) is 0 Å². The van der Waals surface area contributed by atoms with Crippen molar-refractivity contribution in [1.82, 2.24) is 9.97 Å². The van der Waals surface area contributed by atoms with Crippen molar-refractivity contribution in [3.05, 3.63) is 46.5 Å². The Morgan fingerprint density at radius 1 is 1.29 bits per heavy atom. The van der Waals surface area contributed by atoms with Crippen molar-refractivity contribution in [3.63, 3.8) is 0 Å². The van der Waals surface area contributed by atoms with Gasteiger partial charge in [0.1, 0.15) is 0 Å². The minimum Gasteiger partial charge on any atom is -0.397 e. The Bertz CT molecular complexity index is 510. The predicted molar refractivity (Wildman–Crippen MR) is 72.7 cm³/mol. The number of nitrogens with two attached hydrogens (primary N) is 1. The van der Waals surface area contributed by atoms with Gasteiger partial charge in [-0.1, -0.05) is 15.9 Å². The van der Waals surface area contributed by atoms with E-state index in [4.69, 9.17) is 5.73 Å². The fourth-order valence-corrected chi connectivity index (χ4v) is 1.74. The fraction of sp³-hybridized carbons (Fsp3) is 0.167. The molecule has 0 atom stereocenters. The van der Waals surface area contributed by atoms with E-state index in [0.717, 1.165) is 21.5 Å². The van der Waals surface area contributed by atoms with Gasteiger partial charge in [0.25, 0.3) is 0 Å². The number of benzene rings is 1. The van der Waals surface area contributed by atoms with Gasteiger partial charge in [0.05, 0.1) is 35.5 Å². The van der Waals surface area contributed by atoms with Crippen molar-refractivity contribution in [2.75, 3.05) is 11.1 Å². The second-order valence-corrected chi connectivity index (χ2v) is 4.65. The minimum atomic E-state index is 0.605. The van der Waals surface area contributed by atoms with Gasteiger partial charge in [-0.3, -0.25) is 9.97 Å². The van der Waals surface area contributed by atoms with Crippen LogP contribution in [-0.4, -0.2) is 9.97 Å². The van der Waals surface area contributed by atoms with Crippen LogP contribution in [0.25, 0.3) is 0 Å². The summed E-state index contributed by atoms with van der Waals surface area (Å²) in [5.74, 6) is 0. The number of halogens is 1. The maximum atomic E-state index is 5.86. The Morgan fingerprint density at radius 2 is 2.12 bits per heavy atom. The normalized spacial score (nSPS) is 10.2. The number of rotatable bonds is 3. The molecule has 0 aliphatic carbocycles. The smallest absolute Gasteiger partial charge is 0.0777 e. The van der Waals surface area contributed by atoms with Gasteiger partial charge in [-0.2, -0.15) is 0 Å². The second-order valence-electron chi connectivity index (χ2n) is 3.73. The molecule has 0 aliphatic rings. The number of anilines is 2. The second kappa shape index (κ2) is 5.14. The molecular formula is C12H13BrN4. The van der Waals surface area contributed by atoms with Gasteiger partial charge in [0.15, 0.2) is 0 Å². The number of aromatic nitrogens is 2. The molecule has 88 valence electrons. The first-order valence-corrected chi connectivity index (χ1v) is 6.01. The number of hydrogen-bond donors (Lipinski definition) is 2. The molecule has 17 heavy (non-hydrogen) atoms. The average Bonchev–Trinajstić information content (AvgIpc) is 2.32. The molecule has 1 aromatic heterocycles. The van der Waals surface area contributed by atoms with E-state index in [1.165, 1.54) is 0 Å². The third-order valence-corrected chi connectivity index (χ3v) is 2.80. The summed E-state index contributed by atoms with van der Waals surface area (Å²) in [6.45, 7) is 2.52. The maximum Gasteiger partial charge on any atom is 0.0777 e. The first-order chi connectivity index (χ1) is 8.15. The molecule has 2 rings (SSSR count). The van der Waals surface area contributed by atoms with E-state index < -0.39 is 0 Å². The van der Waals surface area contributed by atoms with E-state index in [-0.39, 0.29) is 0 Å².